The van der Waals surface area contributed by atoms with Gasteiger partial charge in [0, 0.05) is 10.7 Å². The fourth-order valence-electron chi connectivity index (χ4n) is 0.370. The highest BCUT2D eigenvalue weighted by Gasteiger charge is 2.22. The second-order valence-corrected chi connectivity index (χ2v) is 7.89. The molecule has 1 N–H and O–H groups in total. The molecule has 0 fully saturated rings. The van der Waals surface area contributed by atoms with Gasteiger partial charge >= 0.3 is 6.72 Å². The van der Waals surface area contributed by atoms with Crippen LogP contribution in [0.3, 0.4) is 0 Å². The van der Waals surface area contributed by atoms with Crippen LogP contribution in [0, 0.1) is 0 Å². The molecule has 3 nitrogen and oxygen atoms in total. The zero-order valence-electron chi connectivity index (χ0n) is 6.20. The largest absolute Gasteiger partial charge is 0.326 e. The summed E-state index contributed by atoms with van der Waals surface area (Å²) in [6.45, 7) is -3.16. The summed E-state index contributed by atoms with van der Waals surface area (Å²) in [5.41, 5.74) is 0. The molecule has 0 aliphatic carbocycles. The highest BCUT2D eigenvalue weighted by Crippen LogP contribution is 2.48. The third-order valence-electron chi connectivity index (χ3n) is 0.738. The van der Waals surface area contributed by atoms with Crippen molar-refractivity contribution >= 4 is 82.2 Å². The molecular formula is C4H7Br4O3PS. The molecule has 2 atom stereocenters. The fraction of sp³-hybridized carbons (Fsp3) is 1.00. The van der Waals surface area contributed by atoms with Crippen LogP contribution in [0.2, 0.25) is 0 Å². The van der Waals surface area contributed by atoms with E-state index in [1.165, 1.54) is 0 Å². The van der Waals surface area contributed by atoms with Crippen molar-refractivity contribution < 1.29 is 13.9 Å². The number of hydrogen-bond acceptors (Lipinski definition) is 3. The molecule has 0 saturated heterocycles. The average Bonchev–Trinajstić information content (AvgIpc) is 2.02. The van der Waals surface area contributed by atoms with Gasteiger partial charge in [-0.15, -0.1) is 0 Å². The van der Waals surface area contributed by atoms with Crippen molar-refractivity contribution in [2.75, 3.05) is 10.7 Å². The Kier molecular flexibility index (Phi) is 9.13. The van der Waals surface area contributed by atoms with E-state index in [4.69, 9.17) is 20.9 Å². The SMILES string of the molecule is OP(=S)(OC(Br)CBr)OC(Br)CBr. The second kappa shape index (κ2) is 7.68. The molecule has 2 unspecified atom stereocenters. The lowest BCUT2D eigenvalue weighted by atomic mass is 10.9. The van der Waals surface area contributed by atoms with Gasteiger partial charge in [0.1, 0.15) is 10.0 Å². The lowest BCUT2D eigenvalue weighted by molar-refractivity contribution is 0.195. The first kappa shape index (κ1) is 15.4. The van der Waals surface area contributed by atoms with Gasteiger partial charge in [-0.25, -0.2) is 0 Å². The molecule has 0 aromatic carbocycles. The van der Waals surface area contributed by atoms with Crippen molar-refractivity contribution in [3.05, 3.63) is 0 Å². The average molecular weight is 486 g/mol. The van der Waals surface area contributed by atoms with Crippen LogP contribution in [-0.4, -0.2) is 25.6 Å². The minimum Gasteiger partial charge on any atom is -0.324 e. The summed E-state index contributed by atoms with van der Waals surface area (Å²) in [5.74, 6) is 0. The van der Waals surface area contributed by atoms with Crippen molar-refractivity contribution in [3.8, 4) is 0 Å². The standard InChI is InChI=1S/C4H7Br4O3PS/c5-1-3(7)10-12(9,13)11-4(8)2-6/h3-4H,1-2H2,(H,9,13). The van der Waals surface area contributed by atoms with Crippen LogP contribution >= 0.6 is 70.4 Å². The number of hydrogen-bond donors (Lipinski definition) is 1. The van der Waals surface area contributed by atoms with Crippen LogP contribution in [-0.2, 0) is 20.9 Å². The molecule has 0 spiro atoms. The molecule has 0 bridgehead atoms. The van der Waals surface area contributed by atoms with Crippen LogP contribution in [0.15, 0.2) is 0 Å². The van der Waals surface area contributed by atoms with Crippen LogP contribution in [0.5, 0.6) is 0 Å². The van der Waals surface area contributed by atoms with Crippen molar-refractivity contribution in [1.29, 1.82) is 0 Å². The van der Waals surface area contributed by atoms with Gasteiger partial charge in [0.2, 0.25) is 0 Å². The summed E-state index contributed by atoms with van der Waals surface area (Å²) in [6, 6.07) is 0. The Bertz CT molecular complexity index is 178. The number of alkyl halides is 4. The van der Waals surface area contributed by atoms with E-state index in [9.17, 15) is 4.89 Å². The molecule has 0 aromatic rings. The van der Waals surface area contributed by atoms with Gasteiger partial charge in [-0.3, -0.25) is 9.05 Å². The Balaban J connectivity index is 4.00. The first-order valence-corrected chi connectivity index (χ1v) is 9.67. The Morgan fingerprint density at radius 1 is 1.15 bits per heavy atom. The minimum atomic E-state index is -3.16. The lowest BCUT2D eigenvalue weighted by Gasteiger charge is -2.20. The Morgan fingerprint density at radius 3 is 1.69 bits per heavy atom. The lowest BCUT2D eigenvalue weighted by Crippen LogP contribution is -2.09. The molecule has 0 radical (unpaired) electrons. The molecule has 9 heteroatoms. The van der Waals surface area contributed by atoms with Crippen molar-refractivity contribution in [2.45, 2.75) is 10.0 Å². The van der Waals surface area contributed by atoms with E-state index < -0.39 is 6.72 Å². The fourth-order valence-corrected chi connectivity index (χ4v) is 4.47. The third kappa shape index (κ3) is 8.28. The number of rotatable bonds is 6. The second-order valence-electron chi connectivity index (χ2n) is 1.81. The molecule has 0 aromatic heterocycles. The van der Waals surface area contributed by atoms with E-state index in [0.717, 1.165) is 0 Å². The van der Waals surface area contributed by atoms with Crippen LogP contribution < -0.4 is 0 Å². The summed E-state index contributed by atoms with van der Waals surface area (Å²) in [7, 11) is 0. The summed E-state index contributed by atoms with van der Waals surface area (Å²) in [6.07, 6.45) is 0. The monoisotopic (exact) mass is 482 g/mol. The van der Waals surface area contributed by atoms with E-state index in [0.29, 0.717) is 10.7 Å². The molecule has 0 saturated carbocycles. The Labute approximate surface area is 116 Å². The van der Waals surface area contributed by atoms with Gasteiger partial charge < -0.3 is 4.89 Å². The van der Waals surface area contributed by atoms with Gasteiger partial charge in [-0.2, -0.15) is 0 Å². The van der Waals surface area contributed by atoms with E-state index in [-0.39, 0.29) is 10.0 Å². The van der Waals surface area contributed by atoms with Crippen molar-refractivity contribution in [1.82, 2.24) is 0 Å². The van der Waals surface area contributed by atoms with Gasteiger partial charge in [0.25, 0.3) is 0 Å². The minimum absolute atomic E-state index is 0.349. The summed E-state index contributed by atoms with van der Waals surface area (Å²) in [5, 5.41) is 0.351. The third-order valence-corrected chi connectivity index (χ3v) is 6.81. The zero-order valence-corrected chi connectivity index (χ0v) is 14.3. The maximum Gasteiger partial charge on any atom is 0.326 e. The maximum atomic E-state index is 9.50. The molecule has 0 heterocycles. The number of halogens is 4. The molecule has 0 aliphatic heterocycles. The van der Waals surface area contributed by atoms with Crippen LogP contribution in [0.25, 0.3) is 0 Å². The summed E-state index contributed by atoms with van der Waals surface area (Å²) in [4.78, 5) is 9.50. The van der Waals surface area contributed by atoms with E-state index >= 15 is 0 Å². The van der Waals surface area contributed by atoms with E-state index in [2.05, 4.69) is 63.7 Å². The van der Waals surface area contributed by atoms with Crippen LogP contribution in [0.4, 0.5) is 0 Å². The normalized spacial score (nSPS) is 20.7. The van der Waals surface area contributed by atoms with Crippen LogP contribution in [0.1, 0.15) is 0 Å². The predicted molar refractivity (Wildman–Crippen MR) is 71.7 cm³/mol. The molecule has 0 aliphatic rings. The van der Waals surface area contributed by atoms with Crippen molar-refractivity contribution in [3.63, 3.8) is 0 Å². The predicted octanol–water partition coefficient (Wildman–Crippen LogP) is 3.47. The van der Waals surface area contributed by atoms with Gasteiger partial charge in [0.15, 0.2) is 0 Å². The molecule has 13 heavy (non-hydrogen) atoms. The highest BCUT2D eigenvalue weighted by molar-refractivity contribution is 9.12. The summed E-state index contributed by atoms with van der Waals surface area (Å²) >= 11 is 17.4. The Hall–Kier alpha value is 2.45. The molecule has 0 amide bonds. The zero-order chi connectivity index (χ0) is 10.5. The Morgan fingerprint density at radius 2 is 1.46 bits per heavy atom. The quantitative estimate of drug-likeness (QED) is 0.462. The molecule has 80 valence electrons. The molecular weight excluding hydrogens is 479 g/mol. The maximum absolute atomic E-state index is 9.50. The van der Waals surface area contributed by atoms with Gasteiger partial charge in [0.05, 0.1) is 0 Å². The summed E-state index contributed by atoms with van der Waals surface area (Å²) < 4.78 is 10.1. The van der Waals surface area contributed by atoms with Crippen molar-refractivity contribution in [2.24, 2.45) is 0 Å². The topological polar surface area (TPSA) is 38.7 Å². The highest BCUT2D eigenvalue weighted by atomic mass is 79.9. The molecule has 0 rings (SSSR count). The first-order valence-electron chi connectivity index (χ1n) is 3.01. The van der Waals surface area contributed by atoms with E-state index in [1.54, 1.807) is 0 Å². The van der Waals surface area contributed by atoms with Gasteiger partial charge in [-0.1, -0.05) is 63.7 Å². The van der Waals surface area contributed by atoms with E-state index in [1.807, 2.05) is 0 Å². The van der Waals surface area contributed by atoms with Gasteiger partial charge in [-0.05, 0) is 11.8 Å². The first-order chi connectivity index (χ1) is 5.91. The smallest absolute Gasteiger partial charge is 0.324 e.